The monoisotopic (exact) mass is 324 g/mol. The molecule has 0 aromatic rings. The van der Waals surface area contributed by atoms with E-state index in [2.05, 4.69) is 5.32 Å². The fraction of sp³-hybridized carbons (Fsp3) is 0.944. The second-order valence-electron chi connectivity index (χ2n) is 8.59. The molecule has 2 saturated heterocycles. The van der Waals surface area contributed by atoms with Crippen molar-refractivity contribution in [3.63, 3.8) is 0 Å². The van der Waals surface area contributed by atoms with Gasteiger partial charge in [0.1, 0.15) is 5.60 Å². The van der Waals surface area contributed by atoms with Crippen LogP contribution in [0.4, 0.5) is 4.79 Å². The summed E-state index contributed by atoms with van der Waals surface area (Å²) in [6, 6.07) is 1.56. The SMILES string of the molecule is CC(C)(C)OC(=O)N1C2CCC1CC(NC1CCCC1CO)C2. The van der Waals surface area contributed by atoms with Gasteiger partial charge in [-0.1, -0.05) is 6.42 Å². The third-order valence-corrected chi connectivity index (χ3v) is 5.68. The van der Waals surface area contributed by atoms with Crippen molar-refractivity contribution in [2.45, 2.75) is 95.5 Å². The molecule has 0 radical (unpaired) electrons. The summed E-state index contributed by atoms with van der Waals surface area (Å²) < 4.78 is 5.59. The first-order chi connectivity index (χ1) is 10.9. The van der Waals surface area contributed by atoms with Gasteiger partial charge in [0.25, 0.3) is 0 Å². The standard InChI is InChI=1S/C18H32N2O3/c1-18(2,3)23-17(22)20-14-7-8-15(20)10-13(9-14)19-16-6-4-5-12(16)11-21/h12-16,19,21H,4-11H2,1-3H3. The highest BCUT2D eigenvalue weighted by Crippen LogP contribution is 2.38. The summed E-state index contributed by atoms with van der Waals surface area (Å²) in [4.78, 5) is 14.5. The fourth-order valence-electron chi connectivity index (χ4n) is 4.70. The van der Waals surface area contributed by atoms with Crippen LogP contribution in [0.3, 0.4) is 0 Å². The van der Waals surface area contributed by atoms with Crippen molar-refractivity contribution in [2.75, 3.05) is 6.61 Å². The molecule has 4 unspecified atom stereocenters. The van der Waals surface area contributed by atoms with Gasteiger partial charge in [-0.05, 0) is 65.2 Å². The number of fused-ring (bicyclic) bond motifs is 2. The topological polar surface area (TPSA) is 61.8 Å². The van der Waals surface area contributed by atoms with Gasteiger partial charge < -0.3 is 20.1 Å². The molecular weight excluding hydrogens is 292 g/mol. The average Bonchev–Trinajstić information content (AvgIpc) is 2.99. The molecule has 2 N–H and O–H groups in total. The van der Waals surface area contributed by atoms with Gasteiger partial charge in [-0.3, -0.25) is 0 Å². The molecule has 1 amide bonds. The Labute approximate surface area is 139 Å². The highest BCUT2D eigenvalue weighted by atomic mass is 16.6. The summed E-state index contributed by atoms with van der Waals surface area (Å²) in [5.41, 5.74) is -0.427. The molecule has 2 bridgehead atoms. The molecule has 5 heteroatoms. The Morgan fingerprint density at radius 1 is 1.17 bits per heavy atom. The molecular formula is C18H32N2O3. The number of carbonyl (C=O) groups is 1. The maximum atomic E-state index is 12.5. The van der Waals surface area contributed by atoms with E-state index in [-0.39, 0.29) is 6.09 Å². The van der Waals surface area contributed by atoms with Gasteiger partial charge in [0.15, 0.2) is 0 Å². The number of carbonyl (C=O) groups excluding carboxylic acids is 1. The van der Waals surface area contributed by atoms with Crippen LogP contribution in [0.5, 0.6) is 0 Å². The number of piperidine rings is 1. The second kappa shape index (κ2) is 6.60. The summed E-state index contributed by atoms with van der Waals surface area (Å²) in [5.74, 6) is 0.413. The van der Waals surface area contributed by atoms with Crippen LogP contribution in [0.2, 0.25) is 0 Å². The molecule has 5 nitrogen and oxygen atoms in total. The van der Waals surface area contributed by atoms with Gasteiger partial charge >= 0.3 is 6.09 Å². The Morgan fingerprint density at radius 3 is 2.39 bits per heavy atom. The van der Waals surface area contributed by atoms with Crippen LogP contribution in [0, 0.1) is 5.92 Å². The lowest BCUT2D eigenvalue weighted by atomic mass is 9.95. The molecule has 3 rings (SSSR count). The van der Waals surface area contributed by atoms with Crippen LogP contribution in [0.15, 0.2) is 0 Å². The molecule has 2 aliphatic heterocycles. The summed E-state index contributed by atoms with van der Waals surface area (Å²) in [7, 11) is 0. The van der Waals surface area contributed by atoms with Crippen molar-refractivity contribution >= 4 is 6.09 Å². The van der Waals surface area contributed by atoms with E-state index < -0.39 is 5.60 Å². The van der Waals surface area contributed by atoms with Crippen LogP contribution < -0.4 is 5.32 Å². The number of hydrogen-bond acceptors (Lipinski definition) is 4. The first-order valence-corrected chi connectivity index (χ1v) is 9.25. The van der Waals surface area contributed by atoms with Crippen LogP contribution >= 0.6 is 0 Å². The highest BCUT2D eigenvalue weighted by Gasteiger charge is 2.45. The number of aliphatic hydroxyl groups is 1. The van der Waals surface area contributed by atoms with Gasteiger partial charge in [0.2, 0.25) is 0 Å². The molecule has 2 heterocycles. The van der Waals surface area contributed by atoms with E-state index >= 15 is 0 Å². The first-order valence-electron chi connectivity index (χ1n) is 9.25. The van der Waals surface area contributed by atoms with Gasteiger partial charge in [0, 0.05) is 30.8 Å². The number of nitrogens with zero attached hydrogens (tertiary/aromatic N) is 1. The molecule has 1 aliphatic carbocycles. The van der Waals surface area contributed by atoms with E-state index in [0.29, 0.717) is 36.7 Å². The normalized spacial score (nSPS) is 37.2. The minimum absolute atomic E-state index is 0.141. The lowest BCUT2D eigenvalue weighted by molar-refractivity contribution is 0.00393. The van der Waals surface area contributed by atoms with Crippen LogP contribution in [-0.2, 0) is 4.74 Å². The Balaban J connectivity index is 1.57. The minimum Gasteiger partial charge on any atom is -0.444 e. The maximum absolute atomic E-state index is 12.5. The number of rotatable bonds is 3. The lowest BCUT2D eigenvalue weighted by Gasteiger charge is -2.41. The Hall–Kier alpha value is -0.810. The Morgan fingerprint density at radius 2 is 1.83 bits per heavy atom. The van der Waals surface area contributed by atoms with Gasteiger partial charge in [-0.25, -0.2) is 4.79 Å². The van der Waals surface area contributed by atoms with Gasteiger partial charge in [-0.2, -0.15) is 0 Å². The summed E-state index contributed by atoms with van der Waals surface area (Å²) in [6.45, 7) is 6.07. The smallest absolute Gasteiger partial charge is 0.410 e. The number of ether oxygens (including phenoxy) is 1. The van der Waals surface area contributed by atoms with E-state index in [9.17, 15) is 9.90 Å². The average molecular weight is 324 g/mol. The molecule has 3 aliphatic rings. The predicted molar refractivity (Wildman–Crippen MR) is 89.3 cm³/mol. The molecule has 0 aromatic carbocycles. The van der Waals surface area contributed by atoms with E-state index in [1.54, 1.807) is 0 Å². The van der Waals surface area contributed by atoms with Crippen molar-refractivity contribution in [2.24, 2.45) is 5.92 Å². The molecule has 0 spiro atoms. The van der Waals surface area contributed by atoms with Crippen LogP contribution in [0.25, 0.3) is 0 Å². The Kier molecular flexibility index (Phi) is 4.88. The lowest BCUT2D eigenvalue weighted by Crippen LogP contribution is -2.54. The molecule has 23 heavy (non-hydrogen) atoms. The molecule has 132 valence electrons. The minimum atomic E-state index is -0.427. The second-order valence-corrected chi connectivity index (χ2v) is 8.59. The number of nitrogens with one attached hydrogen (secondary N) is 1. The van der Waals surface area contributed by atoms with Crippen molar-refractivity contribution in [3.05, 3.63) is 0 Å². The zero-order valence-corrected chi connectivity index (χ0v) is 14.8. The van der Waals surface area contributed by atoms with E-state index in [1.807, 2.05) is 25.7 Å². The summed E-state index contributed by atoms with van der Waals surface area (Å²) in [5, 5.41) is 13.3. The predicted octanol–water partition coefficient (Wildman–Crippen LogP) is 2.67. The molecule has 4 atom stereocenters. The van der Waals surface area contributed by atoms with Crippen molar-refractivity contribution < 1.29 is 14.6 Å². The largest absolute Gasteiger partial charge is 0.444 e. The van der Waals surface area contributed by atoms with Crippen molar-refractivity contribution in [1.82, 2.24) is 10.2 Å². The van der Waals surface area contributed by atoms with Crippen LogP contribution in [0.1, 0.15) is 65.7 Å². The molecule has 3 fully saturated rings. The third kappa shape index (κ3) is 3.82. The first kappa shape index (κ1) is 17.0. The summed E-state index contributed by atoms with van der Waals surface area (Å²) >= 11 is 0. The number of hydrogen-bond donors (Lipinski definition) is 2. The molecule has 0 aromatic heterocycles. The number of amides is 1. The molecule has 1 saturated carbocycles. The van der Waals surface area contributed by atoms with Crippen molar-refractivity contribution in [3.8, 4) is 0 Å². The maximum Gasteiger partial charge on any atom is 0.410 e. The number of aliphatic hydroxyl groups excluding tert-OH is 1. The van der Waals surface area contributed by atoms with E-state index in [0.717, 1.165) is 32.1 Å². The third-order valence-electron chi connectivity index (χ3n) is 5.68. The zero-order chi connectivity index (χ0) is 16.6. The quantitative estimate of drug-likeness (QED) is 0.838. The van der Waals surface area contributed by atoms with E-state index in [1.165, 1.54) is 12.8 Å². The van der Waals surface area contributed by atoms with Crippen molar-refractivity contribution in [1.29, 1.82) is 0 Å². The fourth-order valence-corrected chi connectivity index (χ4v) is 4.70. The summed E-state index contributed by atoms with van der Waals surface area (Å²) in [6.07, 6.45) is 7.61. The highest BCUT2D eigenvalue weighted by molar-refractivity contribution is 5.69. The van der Waals surface area contributed by atoms with E-state index in [4.69, 9.17) is 4.74 Å². The Bertz CT molecular complexity index is 420. The van der Waals surface area contributed by atoms with Gasteiger partial charge in [0.05, 0.1) is 0 Å². The van der Waals surface area contributed by atoms with Gasteiger partial charge in [-0.15, -0.1) is 0 Å². The van der Waals surface area contributed by atoms with Crippen LogP contribution in [-0.4, -0.2) is 52.5 Å². The zero-order valence-electron chi connectivity index (χ0n) is 14.8.